The summed E-state index contributed by atoms with van der Waals surface area (Å²) in [6.45, 7) is 3.61. The van der Waals surface area contributed by atoms with Crippen LogP contribution in [0.3, 0.4) is 0 Å². The molecule has 2 aromatic heterocycles. The third-order valence-corrected chi connectivity index (χ3v) is 5.68. The molecule has 4 rings (SSSR count). The topological polar surface area (TPSA) is 86.1 Å². The zero-order chi connectivity index (χ0) is 23.9. The van der Waals surface area contributed by atoms with Crippen molar-refractivity contribution >= 4 is 17.4 Å². The average Bonchev–Trinajstić information content (AvgIpc) is 3.19. The summed E-state index contributed by atoms with van der Waals surface area (Å²) >= 11 is 0. The summed E-state index contributed by atoms with van der Waals surface area (Å²) in [6, 6.07) is 6.43. The number of anilines is 1. The molecular formula is C23H21F3N4O3. The summed E-state index contributed by atoms with van der Waals surface area (Å²) in [4.78, 5) is 30.2. The van der Waals surface area contributed by atoms with E-state index in [1.165, 1.54) is 29.2 Å². The van der Waals surface area contributed by atoms with Crippen molar-refractivity contribution in [3.8, 4) is 5.75 Å². The molecule has 10 heteroatoms. The number of hydrogen-bond acceptors (Lipinski definition) is 5. The van der Waals surface area contributed by atoms with Crippen LogP contribution in [0.25, 0.3) is 0 Å². The number of alkyl halides is 3. The largest absolute Gasteiger partial charge is 0.496 e. The van der Waals surface area contributed by atoms with E-state index in [1.807, 2.05) is 6.92 Å². The van der Waals surface area contributed by atoms with Gasteiger partial charge in [0, 0.05) is 17.5 Å². The molecule has 3 aromatic rings. The molecule has 2 atom stereocenters. The zero-order valence-electron chi connectivity index (χ0n) is 18.1. The number of ketones is 1. The van der Waals surface area contributed by atoms with Crippen LogP contribution in [0.1, 0.15) is 63.0 Å². The highest BCUT2D eigenvalue weighted by molar-refractivity contribution is 6.10. The van der Waals surface area contributed by atoms with Crippen LogP contribution in [0, 0.1) is 6.92 Å². The molecule has 0 aliphatic carbocycles. The first kappa shape index (κ1) is 22.5. The minimum atomic E-state index is -4.57. The predicted molar refractivity (Wildman–Crippen MR) is 114 cm³/mol. The van der Waals surface area contributed by atoms with E-state index in [4.69, 9.17) is 4.74 Å². The van der Waals surface area contributed by atoms with Gasteiger partial charge in [-0.05, 0) is 50.1 Å². The van der Waals surface area contributed by atoms with Gasteiger partial charge in [-0.2, -0.15) is 18.3 Å². The molecule has 1 aliphatic heterocycles. The Labute approximate surface area is 187 Å². The van der Waals surface area contributed by atoms with Crippen molar-refractivity contribution in [1.82, 2.24) is 14.8 Å². The van der Waals surface area contributed by atoms with Gasteiger partial charge in [-0.25, -0.2) is 0 Å². The van der Waals surface area contributed by atoms with E-state index < -0.39 is 23.6 Å². The SMILES string of the molecule is COc1cc(C2C[C@H](C)n3ncc(NC(=O)c4ccnc(C)c4)c3C2=O)ccc1C(F)(F)F. The highest BCUT2D eigenvalue weighted by atomic mass is 19.4. The first-order chi connectivity index (χ1) is 15.6. The number of ether oxygens (including phenoxy) is 1. The number of hydrogen-bond donors (Lipinski definition) is 1. The third kappa shape index (κ3) is 4.20. The van der Waals surface area contributed by atoms with Gasteiger partial charge in [0.15, 0.2) is 5.78 Å². The Morgan fingerprint density at radius 3 is 2.67 bits per heavy atom. The summed E-state index contributed by atoms with van der Waals surface area (Å²) in [5, 5.41) is 6.98. The minimum Gasteiger partial charge on any atom is -0.496 e. The predicted octanol–water partition coefficient (Wildman–Crippen LogP) is 4.80. The Bertz CT molecular complexity index is 1240. The monoisotopic (exact) mass is 458 g/mol. The van der Waals surface area contributed by atoms with E-state index in [0.717, 1.165) is 13.2 Å². The standard InChI is InChI=1S/C23H21F3N4O3/c1-12-8-15(6-7-27-12)22(32)29-18-11-28-30-13(2)9-16(21(31)20(18)30)14-4-5-17(23(24,25)26)19(10-14)33-3/h4-8,10-11,13,16H,9H2,1-3H3,(H,29,32)/t13-,16?/m0/s1. The van der Waals surface area contributed by atoms with Crippen molar-refractivity contribution in [1.29, 1.82) is 0 Å². The molecule has 33 heavy (non-hydrogen) atoms. The number of pyridine rings is 1. The minimum absolute atomic E-state index is 0.205. The number of aromatic nitrogens is 3. The van der Waals surface area contributed by atoms with Crippen LogP contribution in [0.5, 0.6) is 5.75 Å². The van der Waals surface area contributed by atoms with Gasteiger partial charge < -0.3 is 10.1 Å². The molecule has 3 heterocycles. The Balaban J connectivity index is 1.67. The summed E-state index contributed by atoms with van der Waals surface area (Å²) in [5.41, 5.74) is 0.997. The fourth-order valence-electron chi connectivity index (χ4n) is 4.07. The Hall–Kier alpha value is -3.69. The first-order valence-corrected chi connectivity index (χ1v) is 10.2. The van der Waals surface area contributed by atoms with Gasteiger partial charge in [0.05, 0.1) is 36.5 Å². The van der Waals surface area contributed by atoms with Crippen LogP contribution in [-0.4, -0.2) is 33.6 Å². The molecule has 1 N–H and O–H groups in total. The fourth-order valence-corrected chi connectivity index (χ4v) is 4.07. The summed E-state index contributed by atoms with van der Waals surface area (Å²) in [5.74, 6) is -1.82. The molecule has 172 valence electrons. The second-order valence-corrected chi connectivity index (χ2v) is 7.95. The Morgan fingerprint density at radius 1 is 1.24 bits per heavy atom. The number of methoxy groups -OCH3 is 1. The molecule has 0 spiro atoms. The van der Waals surface area contributed by atoms with Crippen LogP contribution >= 0.6 is 0 Å². The van der Waals surface area contributed by atoms with E-state index >= 15 is 0 Å². The van der Waals surface area contributed by atoms with Crippen LogP contribution in [0.2, 0.25) is 0 Å². The van der Waals surface area contributed by atoms with Crippen molar-refractivity contribution in [2.75, 3.05) is 12.4 Å². The molecule has 1 unspecified atom stereocenters. The van der Waals surface area contributed by atoms with Gasteiger partial charge in [-0.1, -0.05) is 6.07 Å². The maximum absolute atomic E-state index is 13.4. The number of amides is 1. The number of aryl methyl sites for hydroxylation is 1. The number of rotatable bonds is 4. The van der Waals surface area contributed by atoms with E-state index in [2.05, 4.69) is 15.4 Å². The van der Waals surface area contributed by atoms with E-state index in [9.17, 15) is 22.8 Å². The molecule has 0 radical (unpaired) electrons. The fraction of sp³-hybridized carbons (Fsp3) is 0.304. The maximum Gasteiger partial charge on any atom is 0.419 e. The van der Waals surface area contributed by atoms with Gasteiger partial charge in [-0.15, -0.1) is 0 Å². The van der Waals surface area contributed by atoms with Crippen molar-refractivity contribution in [3.63, 3.8) is 0 Å². The smallest absolute Gasteiger partial charge is 0.419 e. The number of carbonyl (C=O) groups excluding carboxylic acids is 2. The molecule has 1 amide bonds. The molecule has 0 saturated carbocycles. The van der Waals surface area contributed by atoms with E-state index in [1.54, 1.807) is 19.1 Å². The quantitative estimate of drug-likeness (QED) is 0.607. The molecule has 7 nitrogen and oxygen atoms in total. The first-order valence-electron chi connectivity index (χ1n) is 10.2. The molecule has 1 aromatic carbocycles. The highest BCUT2D eigenvalue weighted by Gasteiger charge is 2.38. The number of Topliss-reactive ketones (excluding diaryl/α,β-unsaturated/α-hetero) is 1. The molecular weight excluding hydrogens is 437 g/mol. The van der Waals surface area contributed by atoms with E-state index in [0.29, 0.717) is 23.2 Å². The van der Waals surface area contributed by atoms with Crippen LogP contribution < -0.4 is 10.1 Å². The molecule has 0 fully saturated rings. The summed E-state index contributed by atoms with van der Waals surface area (Å²) < 4.78 is 46.2. The average molecular weight is 458 g/mol. The lowest BCUT2D eigenvalue weighted by atomic mass is 9.84. The number of benzene rings is 1. The highest BCUT2D eigenvalue weighted by Crippen LogP contribution is 2.42. The van der Waals surface area contributed by atoms with Gasteiger partial charge in [0.2, 0.25) is 0 Å². The Kier molecular flexibility index (Phi) is 5.69. The van der Waals surface area contributed by atoms with Crippen molar-refractivity contribution in [2.45, 2.75) is 38.4 Å². The number of nitrogens with zero attached hydrogens (tertiary/aromatic N) is 3. The second-order valence-electron chi connectivity index (χ2n) is 7.95. The molecule has 1 aliphatic rings. The van der Waals surface area contributed by atoms with Gasteiger partial charge in [0.1, 0.15) is 11.4 Å². The van der Waals surface area contributed by atoms with Crippen molar-refractivity contribution in [3.05, 3.63) is 70.8 Å². The lowest BCUT2D eigenvalue weighted by Gasteiger charge is -2.28. The molecule has 0 saturated heterocycles. The van der Waals surface area contributed by atoms with Crippen LogP contribution in [-0.2, 0) is 6.18 Å². The normalized spacial score (nSPS) is 18.1. The van der Waals surface area contributed by atoms with Gasteiger partial charge in [0.25, 0.3) is 5.91 Å². The Morgan fingerprint density at radius 2 is 2.00 bits per heavy atom. The zero-order valence-corrected chi connectivity index (χ0v) is 18.1. The van der Waals surface area contributed by atoms with E-state index in [-0.39, 0.29) is 29.0 Å². The number of nitrogens with one attached hydrogen (secondary N) is 1. The number of carbonyl (C=O) groups is 2. The van der Waals surface area contributed by atoms with Crippen LogP contribution in [0.4, 0.5) is 18.9 Å². The van der Waals surface area contributed by atoms with Crippen molar-refractivity contribution < 1.29 is 27.5 Å². The maximum atomic E-state index is 13.4. The lowest BCUT2D eigenvalue weighted by Crippen LogP contribution is -2.29. The third-order valence-electron chi connectivity index (χ3n) is 5.68. The number of halogens is 3. The number of fused-ring (bicyclic) bond motifs is 1. The summed E-state index contributed by atoms with van der Waals surface area (Å²) in [6.07, 6.45) is -1.31. The second kappa shape index (κ2) is 8.34. The van der Waals surface area contributed by atoms with Gasteiger partial charge in [-0.3, -0.25) is 19.3 Å². The molecule has 0 bridgehead atoms. The lowest BCUT2D eigenvalue weighted by molar-refractivity contribution is -0.138. The van der Waals surface area contributed by atoms with Crippen LogP contribution in [0.15, 0.2) is 42.7 Å². The van der Waals surface area contributed by atoms with Crippen molar-refractivity contribution in [2.24, 2.45) is 0 Å². The summed E-state index contributed by atoms with van der Waals surface area (Å²) in [7, 11) is 1.16. The van der Waals surface area contributed by atoms with Gasteiger partial charge >= 0.3 is 6.18 Å².